The molecular formula is C16H15FN4O2. The first-order chi connectivity index (χ1) is 11.1. The van der Waals surface area contributed by atoms with E-state index >= 15 is 0 Å². The Labute approximate surface area is 131 Å². The first kappa shape index (κ1) is 15.0. The molecular weight excluding hydrogens is 299 g/mol. The van der Waals surface area contributed by atoms with Crippen LogP contribution in [-0.4, -0.2) is 28.4 Å². The third kappa shape index (κ3) is 2.98. The van der Waals surface area contributed by atoms with Gasteiger partial charge in [-0.2, -0.15) is 15.4 Å². The highest BCUT2D eigenvalue weighted by atomic mass is 19.1. The summed E-state index contributed by atoms with van der Waals surface area (Å²) in [7, 11) is 1.41. The van der Waals surface area contributed by atoms with Gasteiger partial charge in [-0.25, -0.2) is 4.39 Å². The van der Waals surface area contributed by atoms with Crippen LogP contribution in [0.15, 0.2) is 36.4 Å². The minimum Gasteiger partial charge on any atom is -0.494 e. The molecule has 1 atom stereocenters. The Morgan fingerprint density at radius 1 is 1.22 bits per heavy atom. The number of nitrogens with one attached hydrogen (secondary N) is 2. The van der Waals surface area contributed by atoms with Crippen molar-refractivity contribution < 1.29 is 13.9 Å². The largest absolute Gasteiger partial charge is 0.494 e. The lowest BCUT2D eigenvalue weighted by Crippen LogP contribution is -2.26. The average molecular weight is 314 g/mol. The van der Waals surface area contributed by atoms with Crippen LogP contribution < -0.4 is 10.1 Å². The smallest absolute Gasteiger partial charge is 0.251 e. The SMILES string of the molecule is COc1ccc([C@H](C)NC(=O)c2ccc3n[nH]nc3c2)cc1F. The number of fused-ring (bicyclic) bond motifs is 1. The Morgan fingerprint density at radius 2 is 2.00 bits per heavy atom. The van der Waals surface area contributed by atoms with Crippen molar-refractivity contribution in [3.63, 3.8) is 0 Å². The van der Waals surface area contributed by atoms with Crippen LogP contribution >= 0.6 is 0 Å². The maximum atomic E-state index is 13.8. The van der Waals surface area contributed by atoms with Gasteiger partial charge in [-0.05, 0) is 42.8 Å². The zero-order chi connectivity index (χ0) is 16.4. The van der Waals surface area contributed by atoms with Gasteiger partial charge in [0.05, 0.1) is 13.2 Å². The molecule has 0 unspecified atom stereocenters. The van der Waals surface area contributed by atoms with Gasteiger partial charge in [0, 0.05) is 5.56 Å². The van der Waals surface area contributed by atoms with Crippen molar-refractivity contribution in [2.75, 3.05) is 7.11 Å². The summed E-state index contributed by atoms with van der Waals surface area (Å²) in [5.41, 5.74) is 2.42. The van der Waals surface area contributed by atoms with Crippen molar-refractivity contribution in [3.05, 3.63) is 53.3 Å². The third-order valence-electron chi connectivity index (χ3n) is 3.60. The van der Waals surface area contributed by atoms with Gasteiger partial charge >= 0.3 is 0 Å². The van der Waals surface area contributed by atoms with Crippen LogP contribution in [-0.2, 0) is 0 Å². The van der Waals surface area contributed by atoms with Gasteiger partial charge in [0.25, 0.3) is 5.91 Å². The molecule has 6 nitrogen and oxygen atoms in total. The average Bonchev–Trinajstić information content (AvgIpc) is 3.02. The second-order valence-electron chi connectivity index (χ2n) is 5.12. The van der Waals surface area contributed by atoms with Gasteiger partial charge in [-0.15, -0.1) is 0 Å². The Morgan fingerprint density at radius 3 is 2.74 bits per heavy atom. The molecule has 0 fully saturated rings. The van der Waals surface area contributed by atoms with Crippen molar-refractivity contribution >= 4 is 16.9 Å². The number of carbonyl (C=O) groups is 1. The maximum absolute atomic E-state index is 13.8. The number of ether oxygens (including phenoxy) is 1. The number of benzene rings is 2. The van der Waals surface area contributed by atoms with E-state index in [1.165, 1.54) is 19.2 Å². The number of nitrogens with zero attached hydrogens (tertiary/aromatic N) is 2. The van der Waals surface area contributed by atoms with E-state index in [0.29, 0.717) is 22.2 Å². The molecule has 0 bridgehead atoms. The predicted octanol–water partition coefficient (Wildman–Crippen LogP) is 2.60. The van der Waals surface area contributed by atoms with Crippen LogP contribution in [0.2, 0.25) is 0 Å². The Balaban J connectivity index is 1.77. The molecule has 118 valence electrons. The Hall–Kier alpha value is -2.96. The minimum atomic E-state index is -0.463. The molecule has 0 spiro atoms. The molecule has 3 aromatic rings. The molecule has 3 rings (SSSR count). The van der Waals surface area contributed by atoms with E-state index in [2.05, 4.69) is 20.7 Å². The van der Waals surface area contributed by atoms with Crippen LogP contribution in [0.5, 0.6) is 5.75 Å². The Kier molecular flexibility index (Phi) is 3.92. The molecule has 2 aromatic carbocycles. The van der Waals surface area contributed by atoms with E-state index < -0.39 is 5.82 Å². The number of hydrogen-bond acceptors (Lipinski definition) is 4. The predicted molar refractivity (Wildman–Crippen MR) is 82.7 cm³/mol. The molecule has 0 saturated heterocycles. The number of aromatic amines is 1. The molecule has 0 radical (unpaired) electrons. The van der Waals surface area contributed by atoms with Gasteiger partial charge in [-0.3, -0.25) is 4.79 Å². The fraction of sp³-hybridized carbons (Fsp3) is 0.188. The summed E-state index contributed by atoms with van der Waals surface area (Å²) < 4.78 is 18.6. The van der Waals surface area contributed by atoms with E-state index in [0.717, 1.165) is 0 Å². The van der Waals surface area contributed by atoms with E-state index in [1.54, 1.807) is 31.2 Å². The minimum absolute atomic E-state index is 0.170. The number of methoxy groups -OCH3 is 1. The Bertz CT molecular complexity index is 862. The summed E-state index contributed by atoms with van der Waals surface area (Å²) in [6.07, 6.45) is 0. The van der Waals surface area contributed by atoms with Crippen LogP contribution in [0.3, 0.4) is 0 Å². The fourth-order valence-electron chi connectivity index (χ4n) is 2.30. The van der Waals surface area contributed by atoms with Crippen LogP contribution in [0.25, 0.3) is 11.0 Å². The van der Waals surface area contributed by atoms with Crippen molar-refractivity contribution in [2.45, 2.75) is 13.0 Å². The second kappa shape index (κ2) is 6.04. The molecule has 0 saturated carbocycles. The van der Waals surface area contributed by atoms with Gasteiger partial charge in [0.15, 0.2) is 11.6 Å². The highest BCUT2D eigenvalue weighted by Gasteiger charge is 2.14. The molecule has 0 aliphatic rings. The highest BCUT2D eigenvalue weighted by Crippen LogP contribution is 2.22. The zero-order valence-electron chi connectivity index (χ0n) is 12.6. The van der Waals surface area contributed by atoms with Gasteiger partial charge < -0.3 is 10.1 Å². The lowest BCUT2D eigenvalue weighted by molar-refractivity contribution is 0.0940. The third-order valence-corrected chi connectivity index (χ3v) is 3.60. The lowest BCUT2D eigenvalue weighted by atomic mass is 10.1. The summed E-state index contributed by atoms with van der Waals surface area (Å²) in [5, 5.41) is 13.2. The number of H-pyrrole nitrogens is 1. The van der Waals surface area contributed by atoms with E-state index in [1.807, 2.05) is 0 Å². The molecule has 1 heterocycles. The molecule has 2 N–H and O–H groups in total. The van der Waals surface area contributed by atoms with Crippen LogP contribution in [0, 0.1) is 5.82 Å². The molecule has 23 heavy (non-hydrogen) atoms. The number of aromatic nitrogens is 3. The number of amides is 1. The van der Waals surface area contributed by atoms with Gasteiger partial charge in [0.2, 0.25) is 0 Å². The summed E-state index contributed by atoms with van der Waals surface area (Å²) in [5.74, 6) is -0.558. The number of hydrogen-bond donors (Lipinski definition) is 2. The maximum Gasteiger partial charge on any atom is 0.251 e. The number of carbonyl (C=O) groups excluding carboxylic acids is 1. The van der Waals surface area contributed by atoms with Crippen LogP contribution in [0.1, 0.15) is 28.9 Å². The van der Waals surface area contributed by atoms with Crippen molar-refractivity contribution in [2.24, 2.45) is 0 Å². The molecule has 0 aliphatic heterocycles. The monoisotopic (exact) mass is 314 g/mol. The van der Waals surface area contributed by atoms with E-state index in [4.69, 9.17) is 4.74 Å². The highest BCUT2D eigenvalue weighted by molar-refractivity contribution is 5.97. The standard InChI is InChI=1S/C16H15FN4O2/c1-9(10-4-6-15(23-2)12(17)7-10)18-16(22)11-3-5-13-14(8-11)20-21-19-13/h3-9H,1-2H3,(H,18,22)(H,19,20,21)/t9-/m0/s1. The second-order valence-corrected chi connectivity index (χ2v) is 5.12. The molecule has 1 aromatic heterocycles. The van der Waals surface area contributed by atoms with Crippen molar-refractivity contribution in [1.82, 2.24) is 20.7 Å². The van der Waals surface area contributed by atoms with Crippen molar-refractivity contribution in [1.29, 1.82) is 0 Å². The normalized spacial score (nSPS) is 12.1. The zero-order valence-corrected chi connectivity index (χ0v) is 12.6. The van der Waals surface area contributed by atoms with Crippen LogP contribution in [0.4, 0.5) is 4.39 Å². The van der Waals surface area contributed by atoms with Crippen molar-refractivity contribution in [3.8, 4) is 5.75 Å². The first-order valence-corrected chi connectivity index (χ1v) is 7.03. The van der Waals surface area contributed by atoms with Gasteiger partial charge in [-0.1, -0.05) is 6.07 Å². The molecule has 0 aliphatic carbocycles. The summed E-state index contributed by atoms with van der Waals surface area (Å²) >= 11 is 0. The number of halogens is 1. The number of rotatable bonds is 4. The van der Waals surface area contributed by atoms with Gasteiger partial charge in [0.1, 0.15) is 11.0 Å². The lowest BCUT2D eigenvalue weighted by Gasteiger charge is -2.15. The quantitative estimate of drug-likeness (QED) is 0.776. The fourth-order valence-corrected chi connectivity index (χ4v) is 2.30. The van der Waals surface area contributed by atoms with E-state index in [9.17, 15) is 9.18 Å². The molecule has 1 amide bonds. The summed E-state index contributed by atoms with van der Waals surface area (Å²) in [6.45, 7) is 1.79. The summed E-state index contributed by atoms with van der Waals surface area (Å²) in [4.78, 5) is 12.3. The topological polar surface area (TPSA) is 79.9 Å². The summed E-state index contributed by atoms with van der Waals surface area (Å²) in [6, 6.07) is 9.28. The van der Waals surface area contributed by atoms with E-state index in [-0.39, 0.29) is 17.7 Å². The molecule has 7 heteroatoms. The first-order valence-electron chi connectivity index (χ1n) is 7.03.